The van der Waals surface area contributed by atoms with Crippen LogP contribution in [0.1, 0.15) is 46.0 Å². The van der Waals surface area contributed by atoms with E-state index in [1.807, 2.05) is 0 Å². The van der Waals surface area contributed by atoms with Gasteiger partial charge in [-0.2, -0.15) is 0 Å². The fourth-order valence-electron chi connectivity index (χ4n) is 4.21. The summed E-state index contributed by atoms with van der Waals surface area (Å²) in [5, 5.41) is 3.36. The molecule has 1 N–H and O–H groups in total. The molecule has 2 heteroatoms. The van der Waals surface area contributed by atoms with Crippen molar-refractivity contribution in [2.75, 3.05) is 26.7 Å². The van der Waals surface area contributed by atoms with Crippen LogP contribution in [0.15, 0.2) is 0 Å². The second kappa shape index (κ2) is 6.19. The molecule has 17 heavy (non-hydrogen) atoms. The van der Waals surface area contributed by atoms with Crippen LogP contribution >= 0.6 is 0 Å². The molecule has 1 aliphatic carbocycles. The van der Waals surface area contributed by atoms with Gasteiger partial charge in [0.2, 0.25) is 0 Å². The van der Waals surface area contributed by atoms with Gasteiger partial charge in [0, 0.05) is 12.6 Å². The van der Waals surface area contributed by atoms with Crippen LogP contribution in [0.4, 0.5) is 0 Å². The van der Waals surface area contributed by atoms with E-state index in [4.69, 9.17) is 0 Å². The highest BCUT2D eigenvalue weighted by Gasteiger charge is 2.34. The lowest BCUT2D eigenvalue weighted by atomic mass is 9.77. The van der Waals surface area contributed by atoms with E-state index >= 15 is 0 Å². The number of likely N-dealkylation sites (tertiary alicyclic amines) is 1. The zero-order valence-electron chi connectivity index (χ0n) is 11.9. The van der Waals surface area contributed by atoms with E-state index in [2.05, 4.69) is 31.1 Å². The van der Waals surface area contributed by atoms with Crippen LogP contribution in [0.3, 0.4) is 0 Å². The van der Waals surface area contributed by atoms with Crippen molar-refractivity contribution in [3.63, 3.8) is 0 Å². The van der Waals surface area contributed by atoms with Crippen molar-refractivity contribution in [1.29, 1.82) is 0 Å². The summed E-state index contributed by atoms with van der Waals surface area (Å²) in [6, 6.07) is 0.864. The molecule has 1 aliphatic heterocycles. The first-order chi connectivity index (χ1) is 8.22. The van der Waals surface area contributed by atoms with Crippen LogP contribution in [0.25, 0.3) is 0 Å². The van der Waals surface area contributed by atoms with Gasteiger partial charge in [-0.05, 0) is 63.6 Å². The predicted molar refractivity (Wildman–Crippen MR) is 74.2 cm³/mol. The summed E-state index contributed by atoms with van der Waals surface area (Å²) in [7, 11) is 2.09. The Kier molecular flexibility index (Phi) is 4.87. The number of nitrogens with zero attached hydrogens (tertiary/aromatic N) is 1. The molecule has 0 spiro atoms. The Morgan fingerprint density at radius 1 is 1.06 bits per heavy atom. The molecular weight excluding hydrogens is 208 g/mol. The minimum atomic E-state index is 0.864. The van der Waals surface area contributed by atoms with E-state index < -0.39 is 0 Å². The van der Waals surface area contributed by atoms with Crippen molar-refractivity contribution >= 4 is 0 Å². The van der Waals surface area contributed by atoms with Gasteiger partial charge in [-0.25, -0.2) is 0 Å². The first kappa shape index (κ1) is 13.4. The van der Waals surface area contributed by atoms with Gasteiger partial charge in [-0.3, -0.25) is 4.90 Å². The van der Waals surface area contributed by atoms with Crippen molar-refractivity contribution in [2.24, 2.45) is 17.8 Å². The van der Waals surface area contributed by atoms with E-state index in [0.29, 0.717) is 0 Å². The first-order valence-corrected chi connectivity index (χ1v) is 7.61. The van der Waals surface area contributed by atoms with E-state index in [1.54, 1.807) is 0 Å². The SMILES string of the molecule is CNCC1CCCN(C2C(C)CCCC2C)C1. The Morgan fingerprint density at radius 3 is 2.41 bits per heavy atom. The van der Waals surface area contributed by atoms with Crippen LogP contribution in [-0.4, -0.2) is 37.6 Å². The fraction of sp³-hybridized carbons (Fsp3) is 1.00. The maximum atomic E-state index is 3.36. The fourth-order valence-corrected chi connectivity index (χ4v) is 4.21. The summed E-state index contributed by atoms with van der Waals surface area (Å²) in [6.07, 6.45) is 7.17. The van der Waals surface area contributed by atoms with Crippen molar-refractivity contribution in [2.45, 2.75) is 52.0 Å². The van der Waals surface area contributed by atoms with Gasteiger partial charge >= 0.3 is 0 Å². The highest BCUT2D eigenvalue weighted by atomic mass is 15.2. The largest absolute Gasteiger partial charge is 0.319 e. The van der Waals surface area contributed by atoms with Crippen LogP contribution in [-0.2, 0) is 0 Å². The van der Waals surface area contributed by atoms with Gasteiger partial charge in [0.05, 0.1) is 0 Å². The van der Waals surface area contributed by atoms with Crippen molar-refractivity contribution in [1.82, 2.24) is 10.2 Å². The molecule has 0 amide bonds. The average molecular weight is 238 g/mol. The Labute approximate surface area is 107 Å². The molecule has 2 rings (SSSR count). The Hall–Kier alpha value is -0.0800. The third-order valence-electron chi connectivity index (χ3n) is 4.95. The molecule has 1 saturated carbocycles. The number of piperidine rings is 1. The Bertz CT molecular complexity index is 217. The number of nitrogens with one attached hydrogen (secondary N) is 1. The normalized spacial score (nSPS) is 40.4. The van der Waals surface area contributed by atoms with Crippen molar-refractivity contribution in [3.05, 3.63) is 0 Å². The first-order valence-electron chi connectivity index (χ1n) is 7.61. The minimum Gasteiger partial charge on any atom is -0.319 e. The highest BCUT2D eigenvalue weighted by Crippen LogP contribution is 2.34. The molecule has 100 valence electrons. The van der Waals surface area contributed by atoms with Gasteiger partial charge in [0.25, 0.3) is 0 Å². The maximum absolute atomic E-state index is 3.36. The maximum Gasteiger partial charge on any atom is 0.0147 e. The van der Waals surface area contributed by atoms with E-state index in [9.17, 15) is 0 Å². The summed E-state index contributed by atoms with van der Waals surface area (Å²) in [5.41, 5.74) is 0. The third-order valence-corrected chi connectivity index (χ3v) is 4.95. The molecule has 1 heterocycles. The van der Waals surface area contributed by atoms with E-state index in [-0.39, 0.29) is 0 Å². The summed E-state index contributed by atoms with van der Waals surface area (Å²) in [6.45, 7) is 8.83. The number of hydrogen-bond acceptors (Lipinski definition) is 2. The lowest BCUT2D eigenvalue weighted by Gasteiger charge is -2.46. The van der Waals surface area contributed by atoms with Crippen LogP contribution in [0.2, 0.25) is 0 Å². The molecule has 2 nitrogen and oxygen atoms in total. The molecule has 0 aromatic heterocycles. The Morgan fingerprint density at radius 2 is 1.76 bits per heavy atom. The quantitative estimate of drug-likeness (QED) is 0.813. The van der Waals surface area contributed by atoms with E-state index in [1.165, 1.54) is 51.7 Å². The van der Waals surface area contributed by atoms with Crippen molar-refractivity contribution < 1.29 is 0 Å². The summed E-state index contributed by atoms with van der Waals surface area (Å²) in [5.74, 6) is 2.70. The minimum absolute atomic E-state index is 0.864. The summed E-state index contributed by atoms with van der Waals surface area (Å²) < 4.78 is 0. The molecule has 0 radical (unpaired) electrons. The standard InChI is InChI=1S/C15H30N2/c1-12-6-4-7-13(2)15(12)17-9-5-8-14(11-17)10-16-3/h12-16H,4-11H2,1-3H3. The van der Waals surface area contributed by atoms with Gasteiger partial charge in [0.15, 0.2) is 0 Å². The average Bonchev–Trinajstić information content (AvgIpc) is 2.30. The smallest absolute Gasteiger partial charge is 0.0147 e. The molecule has 3 unspecified atom stereocenters. The van der Waals surface area contributed by atoms with Crippen LogP contribution in [0.5, 0.6) is 0 Å². The molecule has 1 saturated heterocycles. The molecule has 0 aromatic carbocycles. The molecular formula is C15H30N2. The summed E-state index contributed by atoms with van der Waals surface area (Å²) in [4.78, 5) is 2.82. The molecule has 3 atom stereocenters. The van der Waals surface area contributed by atoms with Crippen molar-refractivity contribution in [3.8, 4) is 0 Å². The molecule has 0 bridgehead atoms. The van der Waals surface area contributed by atoms with Gasteiger partial charge in [0.1, 0.15) is 0 Å². The predicted octanol–water partition coefficient (Wildman–Crippen LogP) is 2.74. The highest BCUT2D eigenvalue weighted by molar-refractivity contribution is 4.88. The molecule has 2 fully saturated rings. The molecule has 2 aliphatic rings. The van der Waals surface area contributed by atoms with Crippen LogP contribution in [0, 0.1) is 17.8 Å². The third kappa shape index (κ3) is 3.23. The second-order valence-electron chi connectivity index (χ2n) is 6.44. The monoisotopic (exact) mass is 238 g/mol. The second-order valence-corrected chi connectivity index (χ2v) is 6.44. The van der Waals surface area contributed by atoms with Gasteiger partial charge < -0.3 is 5.32 Å². The lowest BCUT2D eigenvalue weighted by Crippen LogP contribution is -2.51. The van der Waals surface area contributed by atoms with Gasteiger partial charge in [-0.1, -0.05) is 20.3 Å². The van der Waals surface area contributed by atoms with Gasteiger partial charge in [-0.15, -0.1) is 0 Å². The zero-order chi connectivity index (χ0) is 12.3. The van der Waals surface area contributed by atoms with E-state index in [0.717, 1.165) is 23.8 Å². The topological polar surface area (TPSA) is 15.3 Å². The summed E-state index contributed by atoms with van der Waals surface area (Å²) >= 11 is 0. The van der Waals surface area contributed by atoms with Crippen LogP contribution < -0.4 is 5.32 Å². The Balaban J connectivity index is 1.95. The number of rotatable bonds is 3. The lowest BCUT2D eigenvalue weighted by molar-refractivity contribution is 0.0356. The molecule has 0 aromatic rings. The number of hydrogen-bond donors (Lipinski definition) is 1. The zero-order valence-corrected chi connectivity index (χ0v) is 11.9.